The number of hydrogen-bond donors (Lipinski definition) is 0. The summed E-state index contributed by atoms with van der Waals surface area (Å²) < 4.78 is 0. The highest BCUT2D eigenvalue weighted by molar-refractivity contribution is 5.76. The molecule has 0 heterocycles. The molecule has 0 fully saturated rings. The molecule has 4 rings (SSSR count). The van der Waals surface area contributed by atoms with Crippen LogP contribution in [0.4, 0.5) is 0 Å². The lowest BCUT2D eigenvalue weighted by molar-refractivity contribution is 0.470. The Kier molecular flexibility index (Phi) is 3.22. The molecule has 0 nitrogen and oxygen atoms in total. The molecule has 2 aromatic rings. The highest BCUT2D eigenvalue weighted by Gasteiger charge is 2.33. The fourth-order valence-electron chi connectivity index (χ4n) is 4.64. The maximum Gasteiger partial charge on any atom is 0.00318 e. The molecular formula is C22H24. The third kappa shape index (κ3) is 1.97. The van der Waals surface area contributed by atoms with Gasteiger partial charge in [-0.1, -0.05) is 68.0 Å². The monoisotopic (exact) mass is 288 g/mol. The number of hydrogen-bond acceptors (Lipinski definition) is 0. The predicted molar refractivity (Wildman–Crippen MR) is 94.1 cm³/mol. The van der Waals surface area contributed by atoms with Crippen molar-refractivity contribution in [3.8, 4) is 0 Å². The fourth-order valence-corrected chi connectivity index (χ4v) is 4.64. The molecule has 2 aliphatic rings. The second-order valence-electron chi connectivity index (χ2n) is 7.11. The molecule has 0 aromatic heterocycles. The summed E-state index contributed by atoms with van der Waals surface area (Å²) in [5.41, 5.74) is 9.36. The van der Waals surface area contributed by atoms with Crippen LogP contribution in [0.25, 0.3) is 5.57 Å². The van der Waals surface area contributed by atoms with E-state index >= 15 is 0 Å². The average molecular weight is 288 g/mol. The topological polar surface area (TPSA) is 0 Å². The Balaban J connectivity index is 1.63. The summed E-state index contributed by atoms with van der Waals surface area (Å²) in [6.45, 7) is 7.13. The summed E-state index contributed by atoms with van der Waals surface area (Å²) in [7, 11) is 0. The zero-order valence-electron chi connectivity index (χ0n) is 13.8. The largest absolute Gasteiger partial charge is 0.0620 e. The summed E-state index contributed by atoms with van der Waals surface area (Å²) in [5.74, 6) is 2.04. The van der Waals surface area contributed by atoms with E-state index in [1.807, 2.05) is 0 Å². The molecule has 2 aromatic carbocycles. The third-order valence-electron chi connectivity index (χ3n) is 6.05. The highest BCUT2D eigenvalue weighted by Crippen LogP contribution is 2.48. The molecule has 3 unspecified atom stereocenters. The molecule has 0 aliphatic heterocycles. The lowest BCUT2D eigenvalue weighted by atomic mass is 9.84. The predicted octanol–water partition coefficient (Wildman–Crippen LogP) is 5.94. The molecule has 0 saturated heterocycles. The number of fused-ring (bicyclic) bond motifs is 2. The van der Waals surface area contributed by atoms with Gasteiger partial charge >= 0.3 is 0 Å². The van der Waals surface area contributed by atoms with E-state index in [1.165, 1.54) is 29.5 Å². The van der Waals surface area contributed by atoms with Crippen LogP contribution < -0.4 is 0 Å². The van der Waals surface area contributed by atoms with E-state index in [2.05, 4.69) is 69.3 Å². The SMILES string of the molecule is CC1=C(CC2Cc3ccccc3C2C)C(C)c2ccccc21. The minimum atomic E-state index is 0.590. The van der Waals surface area contributed by atoms with Crippen molar-refractivity contribution in [2.75, 3.05) is 0 Å². The van der Waals surface area contributed by atoms with E-state index in [0.717, 1.165) is 5.92 Å². The van der Waals surface area contributed by atoms with Gasteiger partial charge in [-0.3, -0.25) is 0 Å². The van der Waals surface area contributed by atoms with Gasteiger partial charge in [-0.05, 0) is 59.4 Å². The Labute approximate surface area is 133 Å². The minimum absolute atomic E-state index is 0.590. The van der Waals surface area contributed by atoms with Crippen molar-refractivity contribution >= 4 is 5.57 Å². The van der Waals surface area contributed by atoms with Crippen molar-refractivity contribution in [1.29, 1.82) is 0 Å². The van der Waals surface area contributed by atoms with Crippen molar-refractivity contribution < 1.29 is 0 Å². The van der Waals surface area contributed by atoms with Crippen LogP contribution in [0, 0.1) is 5.92 Å². The van der Waals surface area contributed by atoms with Crippen LogP contribution in [0.15, 0.2) is 54.1 Å². The lowest BCUT2D eigenvalue weighted by Crippen LogP contribution is -2.08. The maximum absolute atomic E-state index is 2.42. The average Bonchev–Trinajstić information content (AvgIpc) is 2.99. The van der Waals surface area contributed by atoms with Gasteiger partial charge in [0.1, 0.15) is 0 Å². The van der Waals surface area contributed by atoms with Crippen LogP contribution in [-0.2, 0) is 6.42 Å². The standard InChI is InChI=1S/C22H24/c1-14-18(12-17-8-4-5-9-19(14)17)13-22-15(2)20-10-6-7-11-21(20)16(22)3/h4-11,14-15,18H,12-13H2,1-3H3. The Hall–Kier alpha value is -1.82. The molecule has 3 atom stereocenters. The van der Waals surface area contributed by atoms with Gasteiger partial charge in [-0.15, -0.1) is 0 Å². The fraction of sp³-hybridized carbons (Fsp3) is 0.364. The molecule has 0 amide bonds. The van der Waals surface area contributed by atoms with Gasteiger partial charge in [0.2, 0.25) is 0 Å². The quantitative estimate of drug-likeness (QED) is 0.641. The Morgan fingerprint density at radius 2 is 1.59 bits per heavy atom. The van der Waals surface area contributed by atoms with Crippen LogP contribution in [0.1, 0.15) is 61.3 Å². The van der Waals surface area contributed by atoms with E-state index in [1.54, 1.807) is 16.7 Å². The van der Waals surface area contributed by atoms with E-state index in [9.17, 15) is 0 Å². The Morgan fingerprint density at radius 1 is 0.909 bits per heavy atom. The first-order chi connectivity index (χ1) is 10.7. The molecule has 0 spiro atoms. The first-order valence-corrected chi connectivity index (χ1v) is 8.53. The van der Waals surface area contributed by atoms with E-state index in [4.69, 9.17) is 0 Å². The Bertz CT molecular complexity index is 750. The third-order valence-corrected chi connectivity index (χ3v) is 6.05. The second kappa shape index (κ2) is 5.12. The summed E-state index contributed by atoms with van der Waals surface area (Å²) in [6.07, 6.45) is 2.49. The summed E-state index contributed by atoms with van der Waals surface area (Å²) in [6, 6.07) is 18.0. The van der Waals surface area contributed by atoms with Gasteiger partial charge < -0.3 is 0 Å². The Morgan fingerprint density at radius 3 is 2.32 bits per heavy atom. The van der Waals surface area contributed by atoms with Crippen molar-refractivity contribution in [2.24, 2.45) is 5.92 Å². The van der Waals surface area contributed by atoms with Gasteiger partial charge in [-0.2, -0.15) is 0 Å². The zero-order valence-corrected chi connectivity index (χ0v) is 13.8. The molecule has 0 radical (unpaired) electrons. The lowest BCUT2D eigenvalue weighted by Gasteiger charge is -2.20. The molecule has 2 aliphatic carbocycles. The maximum atomic E-state index is 2.42. The summed E-state index contributed by atoms with van der Waals surface area (Å²) in [5, 5.41) is 0. The minimum Gasteiger partial charge on any atom is -0.0620 e. The molecular weight excluding hydrogens is 264 g/mol. The molecule has 0 saturated carbocycles. The zero-order chi connectivity index (χ0) is 15.3. The van der Waals surface area contributed by atoms with Gasteiger partial charge in [0.25, 0.3) is 0 Å². The van der Waals surface area contributed by atoms with Crippen LogP contribution in [0.2, 0.25) is 0 Å². The van der Waals surface area contributed by atoms with Gasteiger partial charge in [0.05, 0.1) is 0 Å². The van der Waals surface area contributed by atoms with Crippen molar-refractivity contribution in [1.82, 2.24) is 0 Å². The molecule has 0 heteroatoms. The van der Waals surface area contributed by atoms with E-state index in [-0.39, 0.29) is 0 Å². The molecule has 0 bridgehead atoms. The van der Waals surface area contributed by atoms with Gasteiger partial charge in [0, 0.05) is 5.92 Å². The van der Waals surface area contributed by atoms with Crippen LogP contribution in [-0.4, -0.2) is 0 Å². The van der Waals surface area contributed by atoms with Crippen molar-refractivity contribution in [3.63, 3.8) is 0 Å². The van der Waals surface area contributed by atoms with Gasteiger partial charge in [0.15, 0.2) is 0 Å². The van der Waals surface area contributed by atoms with Crippen LogP contribution >= 0.6 is 0 Å². The number of rotatable bonds is 2. The smallest absolute Gasteiger partial charge is 0.00318 e. The van der Waals surface area contributed by atoms with E-state index < -0.39 is 0 Å². The summed E-state index contributed by atoms with van der Waals surface area (Å²) in [4.78, 5) is 0. The van der Waals surface area contributed by atoms with Crippen molar-refractivity contribution in [3.05, 3.63) is 76.4 Å². The molecule has 112 valence electrons. The second-order valence-corrected chi connectivity index (χ2v) is 7.11. The summed E-state index contributed by atoms with van der Waals surface area (Å²) >= 11 is 0. The number of benzene rings is 2. The first kappa shape index (κ1) is 13.8. The highest BCUT2D eigenvalue weighted by atomic mass is 14.4. The van der Waals surface area contributed by atoms with Crippen molar-refractivity contribution in [2.45, 2.75) is 45.4 Å². The van der Waals surface area contributed by atoms with Gasteiger partial charge in [-0.25, -0.2) is 0 Å². The van der Waals surface area contributed by atoms with Crippen LogP contribution in [0.5, 0.6) is 0 Å². The first-order valence-electron chi connectivity index (χ1n) is 8.53. The normalized spacial score (nSPS) is 26.2. The molecule has 0 N–H and O–H groups in total. The number of allylic oxidation sites excluding steroid dienone is 2. The molecule has 22 heavy (non-hydrogen) atoms. The van der Waals surface area contributed by atoms with Crippen LogP contribution in [0.3, 0.4) is 0 Å². The van der Waals surface area contributed by atoms with E-state index in [0.29, 0.717) is 11.8 Å².